The van der Waals surface area contributed by atoms with Gasteiger partial charge < -0.3 is 0 Å². The number of amides is 1. The number of anilines is 1. The highest BCUT2D eigenvalue weighted by molar-refractivity contribution is 9.10. The van der Waals surface area contributed by atoms with E-state index in [2.05, 4.69) is 20.9 Å². The number of halogens is 1. The molecule has 5 heteroatoms. The minimum atomic E-state index is -0.0377. The van der Waals surface area contributed by atoms with E-state index in [1.165, 1.54) is 0 Å². The minimum Gasteiger partial charge on any atom is -0.293 e. The highest BCUT2D eigenvalue weighted by atomic mass is 79.9. The maximum atomic E-state index is 12.2. The Morgan fingerprint density at radius 1 is 1.35 bits per heavy atom. The molecule has 1 aromatic carbocycles. The van der Waals surface area contributed by atoms with Crippen molar-refractivity contribution in [1.82, 2.24) is 4.98 Å². The van der Waals surface area contributed by atoms with E-state index in [0.29, 0.717) is 5.75 Å². The maximum Gasteiger partial charge on any atom is 0.238 e. The highest BCUT2D eigenvalue weighted by Crippen LogP contribution is 2.41. The number of hydrogen-bond donors (Lipinski definition) is 0. The number of rotatable bonds is 2. The van der Waals surface area contributed by atoms with Gasteiger partial charge in [-0.3, -0.25) is 14.7 Å². The lowest BCUT2D eigenvalue weighted by Gasteiger charge is -2.24. The molecule has 0 N–H and O–H groups in total. The van der Waals surface area contributed by atoms with Crippen LogP contribution in [-0.2, 0) is 4.79 Å². The summed E-state index contributed by atoms with van der Waals surface area (Å²) < 4.78 is 1.05. The van der Waals surface area contributed by atoms with Crippen molar-refractivity contribution in [3.8, 4) is 0 Å². The van der Waals surface area contributed by atoms with Gasteiger partial charge in [0.15, 0.2) is 0 Å². The fraction of sp³-hybridized carbons (Fsp3) is 0.200. The monoisotopic (exact) mass is 348 g/mol. The van der Waals surface area contributed by atoms with E-state index in [4.69, 9.17) is 0 Å². The molecule has 2 aromatic rings. The predicted octanol–water partition coefficient (Wildman–Crippen LogP) is 3.93. The van der Waals surface area contributed by atoms with Crippen LogP contribution in [0.5, 0.6) is 0 Å². The van der Waals surface area contributed by atoms with Crippen LogP contribution >= 0.6 is 27.7 Å². The van der Waals surface area contributed by atoms with Crippen LogP contribution in [0.2, 0.25) is 0 Å². The third kappa shape index (κ3) is 2.47. The van der Waals surface area contributed by atoms with E-state index in [9.17, 15) is 4.79 Å². The molecule has 3 nitrogen and oxygen atoms in total. The quantitative estimate of drug-likeness (QED) is 0.824. The van der Waals surface area contributed by atoms with Gasteiger partial charge in [-0.25, -0.2) is 0 Å². The molecular formula is C15H13BrN2OS. The summed E-state index contributed by atoms with van der Waals surface area (Å²) in [6, 6.07) is 11.8. The Labute approximate surface area is 130 Å². The molecule has 1 atom stereocenters. The Bertz CT molecular complexity index is 648. The first kappa shape index (κ1) is 13.6. The molecule has 1 aliphatic heterocycles. The molecule has 3 rings (SSSR count). The molecule has 1 fully saturated rings. The van der Waals surface area contributed by atoms with Crippen LogP contribution in [0.25, 0.3) is 0 Å². The molecule has 0 bridgehead atoms. The Kier molecular flexibility index (Phi) is 3.81. The summed E-state index contributed by atoms with van der Waals surface area (Å²) in [4.78, 5) is 18.4. The standard InChI is InChI=1S/C15H13BrN2OS/c1-10-8-11(5-6-12(10)16)18-14(19)9-20-15(18)13-4-2-3-7-17-13/h2-8,15H,9H2,1H3. The minimum absolute atomic E-state index is 0.0377. The van der Waals surface area contributed by atoms with Crippen molar-refractivity contribution in [1.29, 1.82) is 0 Å². The summed E-state index contributed by atoms with van der Waals surface area (Å²) in [6.45, 7) is 2.02. The second kappa shape index (κ2) is 5.58. The zero-order valence-corrected chi connectivity index (χ0v) is 13.3. The molecule has 1 amide bonds. The maximum absolute atomic E-state index is 12.2. The molecular weight excluding hydrogens is 336 g/mol. The SMILES string of the molecule is Cc1cc(N2C(=O)CSC2c2ccccn2)ccc1Br. The van der Waals surface area contributed by atoms with Gasteiger partial charge in [0, 0.05) is 16.4 Å². The molecule has 0 spiro atoms. The first-order valence-electron chi connectivity index (χ1n) is 6.27. The Morgan fingerprint density at radius 3 is 2.90 bits per heavy atom. The van der Waals surface area contributed by atoms with E-state index >= 15 is 0 Å². The van der Waals surface area contributed by atoms with Gasteiger partial charge in [0.1, 0.15) is 5.37 Å². The third-order valence-corrected chi connectivity index (χ3v) is 5.30. The van der Waals surface area contributed by atoms with Crippen molar-refractivity contribution < 1.29 is 4.79 Å². The van der Waals surface area contributed by atoms with Crippen molar-refractivity contribution >= 4 is 39.3 Å². The van der Waals surface area contributed by atoms with Crippen LogP contribution in [0.15, 0.2) is 47.1 Å². The number of thioether (sulfide) groups is 1. The zero-order chi connectivity index (χ0) is 14.1. The molecule has 0 radical (unpaired) electrons. The Hall–Kier alpha value is -1.33. The number of carbonyl (C=O) groups excluding carboxylic acids is 1. The smallest absolute Gasteiger partial charge is 0.238 e. The third-order valence-electron chi connectivity index (χ3n) is 3.23. The molecule has 20 heavy (non-hydrogen) atoms. The van der Waals surface area contributed by atoms with Gasteiger partial charge in [0.2, 0.25) is 5.91 Å². The highest BCUT2D eigenvalue weighted by Gasteiger charge is 2.34. The fourth-order valence-electron chi connectivity index (χ4n) is 2.22. The van der Waals surface area contributed by atoms with Crippen LogP contribution in [0.4, 0.5) is 5.69 Å². The van der Waals surface area contributed by atoms with Crippen molar-refractivity contribution in [2.75, 3.05) is 10.7 Å². The van der Waals surface area contributed by atoms with E-state index in [-0.39, 0.29) is 11.3 Å². The van der Waals surface area contributed by atoms with E-state index in [1.54, 1.807) is 18.0 Å². The van der Waals surface area contributed by atoms with E-state index < -0.39 is 0 Å². The number of pyridine rings is 1. The molecule has 1 unspecified atom stereocenters. The van der Waals surface area contributed by atoms with Gasteiger partial charge in [-0.05, 0) is 42.8 Å². The Morgan fingerprint density at radius 2 is 2.20 bits per heavy atom. The van der Waals surface area contributed by atoms with Crippen molar-refractivity contribution in [2.45, 2.75) is 12.3 Å². The van der Waals surface area contributed by atoms with Gasteiger partial charge in [0.05, 0.1) is 11.4 Å². The lowest BCUT2D eigenvalue weighted by molar-refractivity contribution is -0.115. The molecule has 1 aromatic heterocycles. The normalized spacial score (nSPS) is 18.6. The molecule has 2 heterocycles. The average Bonchev–Trinajstić information content (AvgIpc) is 2.85. The summed E-state index contributed by atoms with van der Waals surface area (Å²) in [6.07, 6.45) is 1.77. The number of benzene rings is 1. The average molecular weight is 349 g/mol. The van der Waals surface area contributed by atoms with Crippen LogP contribution in [0.3, 0.4) is 0 Å². The first-order chi connectivity index (χ1) is 9.66. The molecule has 0 aliphatic carbocycles. The summed E-state index contributed by atoms with van der Waals surface area (Å²) >= 11 is 5.11. The topological polar surface area (TPSA) is 33.2 Å². The number of aryl methyl sites for hydroxylation is 1. The Balaban J connectivity index is 2.00. The first-order valence-corrected chi connectivity index (χ1v) is 8.12. The summed E-state index contributed by atoms with van der Waals surface area (Å²) in [7, 11) is 0. The van der Waals surface area contributed by atoms with Crippen molar-refractivity contribution in [3.63, 3.8) is 0 Å². The number of nitrogens with zero attached hydrogens (tertiary/aromatic N) is 2. The summed E-state index contributed by atoms with van der Waals surface area (Å²) in [5, 5.41) is -0.0377. The molecule has 0 saturated carbocycles. The van der Waals surface area contributed by atoms with Crippen LogP contribution < -0.4 is 4.90 Å². The van der Waals surface area contributed by atoms with Gasteiger partial charge in [-0.1, -0.05) is 22.0 Å². The molecule has 1 saturated heterocycles. The van der Waals surface area contributed by atoms with Gasteiger partial charge in [0.25, 0.3) is 0 Å². The van der Waals surface area contributed by atoms with Crippen molar-refractivity contribution in [2.24, 2.45) is 0 Å². The van der Waals surface area contributed by atoms with Crippen LogP contribution in [-0.4, -0.2) is 16.6 Å². The molecule has 102 valence electrons. The predicted molar refractivity (Wildman–Crippen MR) is 85.8 cm³/mol. The summed E-state index contributed by atoms with van der Waals surface area (Å²) in [5.41, 5.74) is 2.97. The van der Waals surface area contributed by atoms with Gasteiger partial charge in [-0.15, -0.1) is 11.8 Å². The second-order valence-electron chi connectivity index (χ2n) is 4.62. The van der Waals surface area contributed by atoms with Gasteiger partial charge >= 0.3 is 0 Å². The lowest BCUT2D eigenvalue weighted by atomic mass is 10.2. The zero-order valence-electron chi connectivity index (χ0n) is 10.9. The molecule has 1 aliphatic rings. The van der Waals surface area contributed by atoms with Crippen LogP contribution in [0, 0.1) is 6.92 Å². The fourth-order valence-corrected chi connectivity index (χ4v) is 3.61. The van der Waals surface area contributed by atoms with Gasteiger partial charge in [-0.2, -0.15) is 0 Å². The largest absolute Gasteiger partial charge is 0.293 e. The van der Waals surface area contributed by atoms with E-state index in [1.807, 2.05) is 48.2 Å². The number of hydrogen-bond acceptors (Lipinski definition) is 3. The number of carbonyl (C=O) groups is 1. The second-order valence-corrected chi connectivity index (χ2v) is 6.54. The summed E-state index contributed by atoms with van der Waals surface area (Å²) in [5.74, 6) is 0.628. The van der Waals surface area contributed by atoms with Crippen molar-refractivity contribution in [3.05, 3.63) is 58.3 Å². The van der Waals surface area contributed by atoms with Crippen LogP contribution in [0.1, 0.15) is 16.6 Å². The number of aromatic nitrogens is 1. The van der Waals surface area contributed by atoms with E-state index in [0.717, 1.165) is 21.4 Å². The lowest BCUT2D eigenvalue weighted by Crippen LogP contribution is -2.28.